The van der Waals surface area contributed by atoms with Crippen LogP contribution in [0.5, 0.6) is 11.5 Å². The number of carbonyl (C=O) groups excluding carboxylic acids is 2. The van der Waals surface area contributed by atoms with Gasteiger partial charge in [-0.2, -0.15) is 4.98 Å². The van der Waals surface area contributed by atoms with Gasteiger partial charge in [0, 0.05) is 24.0 Å². The lowest BCUT2D eigenvalue weighted by Crippen LogP contribution is -2.41. The number of aromatic nitrogens is 2. The van der Waals surface area contributed by atoms with Crippen molar-refractivity contribution >= 4 is 11.8 Å². The smallest absolute Gasteiger partial charge is 0.269 e. The van der Waals surface area contributed by atoms with Crippen molar-refractivity contribution in [1.82, 2.24) is 21.0 Å². The number of hydrogen-bond acceptors (Lipinski definition) is 7. The molecule has 0 saturated heterocycles. The van der Waals surface area contributed by atoms with E-state index in [1.807, 2.05) is 24.3 Å². The van der Waals surface area contributed by atoms with Gasteiger partial charge < -0.3 is 14.0 Å². The average molecular weight is 438 g/mol. The molecule has 0 bridgehead atoms. The average Bonchev–Trinajstić information content (AvgIpc) is 3.29. The number of nitrogens with zero attached hydrogens (tertiary/aromatic N) is 2. The molecule has 32 heavy (non-hydrogen) atoms. The monoisotopic (exact) mass is 438 g/mol. The first-order valence-electron chi connectivity index (χ1n) is 10.2. The van der Waals surface area contributed by atoms with Crippen LogP contribution in [0.1, 0.15) is 48.0 Å². The normalized spacial score (nSPS) is 10.7. The van der Waals surface area contributed by atoms with Crippen LogP contribution >= 0.6 is 0 Å². The van der Waals surface area contributed by atoms with E-state index in [2.05, 4.69) is 34.8 Å². The zero-order chi connectivity index (χ0) is 23.1. The van der Waals surface area contributed by atoms with E-state index >= 15 is 0 Å². The highest BCUT2D eigenvalue weighted by atomic mass is 16.5. The summed E-state index contributed by atoms with van der Waals surface area (Å²) in [6.07, 6.45) is 0.315. The summed E-state index contributed by atoms with van der Waals surface area (Å²) in [6.45, 7) is 4.26. The Balaban J connectivity index is 1.49. The minimum Gasteiger partial charge on any atom is -0.493 e. The Bertz CT molecular complexity index is 1080. The Kier molecular flexibility index (Phi) is 7.43. The molecule has 0 atom stereocenters. The predicted octanol–water partition coefficient (Wildman–Crippen LogP) is 3.27. The highest BCUT2D eigenvalue weighted by molar-refractivity contribution is 5.96. The maximum atomic E-state index is 12.3. The zero-order valence-corrected chi connectivity index (χ0v) is 18.5. The molecule has 0 aliphatic heterocycles. The van der Waals surface area contributed by atoms with Crippen LogP contribution in [0.15, 0.2) is 47.0 Å². The van der Waals surface area contributed by atoms with Gasteiger partial charge >= 0.3 is 0 Å². The molecular formula is C23H26N4O5. The lowest BCUT2D eigenvalue weighted by atomic mass is 10.0. The summed E-state index contributed by atoms with van der Waals surface area (Å²) < 4.78 is 15.6. The molecule has 0 aliphatic rings. The number of carbonyl (C=O) groups is 2. The van der Waals surface area contributed by atoms with Gasteiger partial charge in [-0.15, -0.1) is 0 Å². The van der Waals surface area contributed by atoms with Gasteiger partial charge in [0.15, 0.2) is 11.5 Å². The number of hydrogen-bond donors (Lipinski definition) is 2. The molecule has 9 nitrogen and oxygen atoms in total. The van der Waals surface area contributed by atoms with Gasteiger partial charge in [0.1, 0.15) is 0 Å². The van der Waals surface area contributed by atoms with Crippen LogP contribution in [-0.2, 0) is 11.2 Å². The molecule has 0 fully saturated rings. The summed E-state index contributed by atoms with van der Waals surface area (Å²) in [7, 11) is 2.98. The van der Waals surface area contributed by atoms with Crippen LogP contribution in [0, 0.1) is 0 Å². The van der Waals surface area contributed by atoms with E-state index < -0.39 is 5.91 Å². The Morgan fingerprint density at radius 3 is 2.38 bits per heavy atom. The minimum absolute atomic E-state index is 0.0696. The highest BCUT2D eigenvalue weighted by Gasteiger charge is 2.14. The van der Waals surface area contributed by atoms with E-state index in [1.165, 1.54) is 25.8 Å². The summed E-state index contributed by atoms with van der Waals surface area (Å²) in [5, 5.41) is 3.97. The summed E-state index contributed by atoms with van der Waals surface area (Å²) in [5.74, 6) is 1.30. The standard InChI is InChI=1S/C23H26N4O5/c1-14(2)15-5-7-16(8-6-15)22-24-21(32-27-22)12-11-20(28)25-26-23(29)17-9-10-18(30-3)19(13-17)31-4/h5-10,13-14H,11-12H2,1-4H3,(H,25,28)(H,26,29). The number of aryl methyl sites for hydroxylation is 1. The molecule has 1 aromatic heterocycles. The molecule has 0 spiro atoms. The molecule has 2 N–H and O–H groups in total. The first-order chi connectivity index (χ1) is 15.4. The maximum absolute atomic E-state index is 12.3. The van der Waals surface area contributed by atoms with E-state index in [-0.39, 0.29) is 18.7 Å². The van der Waals surface area contributed by atoms with Crippen molar-refractivity contribution in [3.63, 3.8) is 0 Å². The first kappa shape index (κ1) is 22.8. The number of methoxy groups -OCH3 is 2. The van der Waals surface area contributed by atoms with Crippen molar-refractivity contribution in [2.45, 2.75) is 32.6 Å². The maximum Gasteiger partial charge on any atom is 0.269 e. The number of benzene rings is 2. The van der Waals surface area contributed by atoms with Gasteiger partial charge in [-0.25, -0.2) is 0 Å². The third-order valence-electron chi connectivity index (χ3n) is 4.83. The van der Waals surface area contributed by atoms with E-state index in [1.54, 1.807) is 12.1 Å². The SMILES string of the molecule is COc1ccc(C(=O)NNC(=O)CCc2nc(-c3ccc(C(C)C)cc3)no2)cc1OC. The second-order valence-corrected chi connectivity index (χ2v) is 7.36. The molecule has 0 radical (unpaired) electrons. The van der Waals surface area contributed by atoms with Crippen molar-refractivity contribution in [3.8, 4) is 22.9 Å². The van der Waals surface area contributed by atoms with Crippen molar-refractivity contribution in [2.75, 3.05) is 14.2 Å². The number of rotatable bonds is 8. The van der Waals surface area contributed by atoms with Crippen LogP contribution in [0.2, 0.25) is 0 Å². The molecule has 3 aromatic rings. The fourth-order valence-electron chi connectivity index (χ4n) is 2.95. The fourth-order valence-corrected chi connectivity index (χ4v) is 2.95. The molecule has 2 amide bonds. The van der Waals surface area contributed by atoms with Crippen molar-refractivity contribution in [3.05, 3.63) is 59.5 Å². The molecule has 168 valence electrons. The van der Waals surface area contributed by atoms with Crippen molar-refractivity contribution in [1.29, 1.82) is 0 Å². The van der Waals surface area contributed by atoms with Crippen LogP contribution in [0.3, 0.4) is 0 Å². The zero-order valence-electron chi connectivity index (χ0n) is 18.5. The molecule has 0 saturated carbocycles. The molecule has 3 rings (SSSR count). The Hall–Kier alpha value is -3.88. The Labute approximate surface area is 186 Å². The van der Waals surface area contributed by atoms with Crippen molar-refractivity contribution < 1.29 is 23.6 Å². The van der Waals surface area contributed by atoms with Crippen LogP contribution in [0.4, 0.5) is 0 Å². The molecule has 0 aliphatic carbocycles. The highest BCUT2D eigenvalue weighted by Crippen LogP contribution is 2.27. The van der Waals surface area contributed by atoms with Crippen LogP contribution < -0.4 is 20.3 Å². The van der Waals surface area contributed by atoms with Crippen molar-refractivity contribution in [2.24, 2.45) is 0 Å². The number of hydrazine groups is 1. The van der Waals surface area contributed by atoms with Gasteiger partial charge in [0.2, 0.25) is 17.6 Å². The van der Waals surface area contributed by atoms with E-state index in [9.17, 15) is 9.59 Å². The molecule has 1 heterocycles. The summed E-state index contributed by atoms with van der Waals surface area (Å²) in [5.41, 5.74) is 7.12. The lowest BCUT2D eigenvalue weighted by molar-refractivity contribution is -0.121. The first-order valence-corrected chi connectivity index (χ1v) is 10.2. The fraction of sp³-hybridized carbons (Fsp3) is 0.304. The van der Waals surface area contributed by atoms with E-state index in [0.29, 0.717) is 34.7 Å². The van der Waals surface area contributed by atoms with Gasteiger partial charge in [0.05, 0.1) is 14.2 Å². The van der Waals surface area contributed by atoms with Gasteiger partial charge in [0.25, 0.3) is 5.91 Å². The van der Waals surface area contributed by atoms with Gasteiger partial charge in [-0.1, -0.05) is 43.3 Å². The number of nitrogens with one attached hydrogen (secondary N) is 2. The number of ether oxygens (including phenoxy) is 2. The largest absolute Gasteiger partial charge is 0.493 e. The third kappa shape index (κ3) is 5.63. The lowest BCUT2D eigenvalue weighted by Gasteiger charge is -2.10. The van der Waals surface area contributed by atoms with Gasteiger partial charge in [-0.3, -0.25) is 20.4 Å². The van der Waals surface area contributed by atoms with Gasteiger partial charge in [-0.05, 0) is 29.7 Å². The molecule has 0 unspecified atom stereocenters. The van der Waals surface area contributed by atoms with Crippen LogP contribution in [-0.4, -0.2) is 36.2 Å². The molecule has 2 aromatic carbocycles. The Morgan fingerprint density at radius 1 is 1.00 bits per heavy atom. The third-order valence-corrected chi connectivity index (χ3v) is 4.83. The quantitative estimate of drug-likeness (QED) is 0.519. The second-order valence-electron chi connectivity index (χ2n) is 7.36. The second kappa shape index (κ2) is 10.4. The molecular weight excluding hydrogens is 412 g/mol. The van der Waals surface area contributed by atoms with E-state index in [4.69, 9.17) is 14.0 Å². The summed E-state index contributed by atoms with van der Waals surface area (Å²) in [4.78, 5) is 28.7. The summed E-state index contributed by atoms with van der Waals surface area (Å²) in [6, 6.07) is 12.7. The minimum atomic E-state index is -0.482. The Morgan fingerprint density at radius 2 is 1.72 bits per heavy atom. The van der Waals surface area contributed by atoms with Crippen LogP contribution in [0.25, 0.3) is 11.4 Å². The summed E-state index contributed by atoms with van der Waals surface area (Å²) >= 11 is 0. The number of amides is 2. The molecule has 9 heteroatoms. The van der Waals surface area contributed by atoms with E-state index in [0.717, 1.165) is 5.56 Å². The topological polar surface area (TPSA) is 116 Å². The predicted molar refractivity (Wildman–Crippen MR) is 117 cm³/mol.